The first-order valence-electron chi connectivity index (χ1n) is 8.72. The summed E-state index contributed by atoms with van der Waals surface area (Å²) in [5.41, 5.74) is 0.417. The second-order valence-corrected chi connectivity index (χ2v) is 8.57. The van der Waals surface area contributed by atoms with Crippen molar-refractivity contribution in [3.63, 3.8) is 0 Å². The molecule has 1 fully saturated rings. The monoisotopic (exact) mass is 344 g/mol. The molecule has 1 saturated carbocycles. The molecule has 1 aromatic rings. The topological polar surface area (TPSA) is 71.4 Å². The lowest BCUT2D eigenvalue weighted by Crippen LogP contribution is -2.53. The van der Waals surface area contributed by atoms with E-state index in [4.69, 9.17) is 0 Å². The first kappa shape index (κ1) is 19.5. The molecule has 1 aromatic carbocycles. The second-order valence-electron chi connectivity index (χ2n) is 8.57. The fraction of sp³-hybridized carbons (Fsp3) is 0.571. The summed E-state index contributed by atoms with van der Waals surface area (Å²) in [4.78, 5) is 37.0. The minimum Gasteiger partial charge on any atom is -0.389 e. The van der Waals surface area contributed by atoms with Gasteiger partial charge in [0.25, 0.3) is 0 Å². The van der Waals surface area contributed by atoms with E-state index in [2.05, 4.69) is 20.8 Å². The van der Waals surface area contributed by atoms with Gasteiger partial charge < -0.3 is 5.11 Å². The van der Waals surface area contributed by atoms with Gasteiger partial charge in [-0.15, -0.1) is 0 Å². The van der Waals surface area contributed by atoms with Crippen LogP contribution in [0.5, 0.6) is 0 Å². The molecule has 25 heavy (non-hydrogen) atoms. The third-order valence-corrected chi connectivity index (χ3v) is 5.30. The molecule has 4 nitrogen and oxygen atoms in total. The summed E-state index contributed by atoms with van der Waals surface area (Å²) in [6.07, 6.45) is -0.169. The number of carbonyl (C=O) groups excluding carboxylic acids is 3. The van der Waals surface area contributed by atoms with Gasteiger partial charge in [-0.3, -0.25) is 14.4 Å². The van der Waals surface area contributed by atoms with E-state index in [0.29, 0.717) is 0 Å². The predicted octanol–water partition coefficient (Wildman–Crippen LogP) is 3.20. The van der Waals surface area contributed by atoms with Gasteiger partial charge in [-0.2, -0.15) is 0 Å². The average molecular weight is 344 g/mol. The van der Waals surface area contributed by atoms with Crippen LogP contribution in [0, 0.1) is 11.8 Å². The van der Waals surface area contributed by atoms with Crippen LogP contribution in [0.25, 0.3) is 0 Å². The van der Waals surface area contributed by atoms with E-state index in [0.717, 1.165) is 11.1 Å². The first-order valence-corrected chi connectivity index (χ1v) is 8.72. The molecule has 1 aliphatic rings. The summed E-state index contributed by atoms with van der Waals surface area (Å²) in [6.45, 7) is 10.6. The standard InChI is InChI=1S/C21H28O4/c1-12(22)17-16(24)11-21(6,25)19(13(2)23)18(17)14-7-9-15(10-8-14)20(3,4)5/h7-10,17-19,25H,11H2,1-6H3/t17-,18+,19-,21-/m0/s1. The predicted molar refractivity (Wildman–Crippen MR) is 96.5 cm³/mol. The summed E-state index contributed by atoms with van der Waals surface area (Å²) in [6, 6.07) is 7.70. The van der Waals surface area contributed by atoms with Crippen LogP contribution in [-0.4, -0.2) is 28.1 Å². The van der Waals surface area contributed by atoms with Crippen molar-refractivity contribution in [3.05, 3.63) is 35.4 Å². The summed E-state index contributed by atoms with van der Waals surface area (Å²) >= 11 is 0. The van der Waals surface area contributed by atoms with Gasteiger partial charge in [0, 0.05) is 12.3 Å². The SMILES string of the molecule is CC(=O)[C@H]1C(=O)C[C@](C)(O)[C@@H](C(C)=O)[C@@H]1c1ccc(C(C)(C)C)cc1. The molecule has 0 aliphatic heterocycles. The molecular weight excluding hydrogens is 316 g/mol. The summed E-state index contributed by atoms with van der Waals surface area (Å²) in [5.74, 6) is -3.03. The fourth-order valence-corrected chi connectivity index (χ4v) is 4.11. The molecule has 1 N–H and O–H groups in total. The molecule has 0 amide bonds. The Labute approximate surface area is 149 Å². The van der Waals surface area contributed by atoms with Gasteiger partial charge in [0.15, 0.2) is 0 Å². The van der Waals surface area contributed by atoms with Gasteiger partial charge >= 0.3 is 0 Å². The molecule has 0 spiro atoms. The smallest absolute Gasteiger partial charge is 0.146 e. The van der Waals surface area contributed by atoms with Crippen molar-refractivity contribution in [3.8, 4) is 0 Å². The van der Waals surface area contributed by atoms with Crippen molar-refractivity contribution in [2.45, 2.75) is 64.9 Å². The number of ketones is 3. The lowest BCUT2D eigenvalue weighted by atomic mass is 9.59. The summed E-state index contributed by atoms with van der Waals surface area (Å²) in [5, 5.41) is 10.7. The van der Waals surface area contributed by atoms with Gasteiger partial charge in [0.2, 0.25) is 0 Å². The molecule has 0 bridgehead atoms. The van der Waals surface area contributed by atoms with Gasteiger partial charge in [-0.25, -0.2) is 0 Å². The zero-order chi connectivity index (χ0) is 19.2. The maximum atomic E-state index is 12.5. The molecule has 0 unspecified atom stereocenters. The Bertz CT molecular complexity index is 692. The molecule has 0 aromatic heterocycles. The maximum absolute atomic E-state index is 12.5. The molecule has 1 aliphatic carbocycles. The molecule has 136 valence electrons. The quantitative estimate of drug-likeness (QED) is 0.855. The Balaban J connectivity index is 2.59. The fourth-order valence-electron chi connectivity index (χ4n) is 4.11. The van der Waals surface area contributed by atoms with Crippen LogP contribution in [-0.2, 0) is 19.8 Å². The highest BCUT2D eigenvalue weighted by Gasteiger charge is 2.53. The Morgan fingerprint density at radius 1 is 1.08 bits per heavy atom. The number of Topliss-reactive ketones (excluding diaryl/α,β-unsaturated/α-hetero) is 3. The lowest BCUT2D eigenvalue weighted by molar-refractivity contribution is -0.151. The third-order valence-electron chi connectivity index (χ3n) is 5.30. The highest BCUT2D eigenvalue weighted by atomic mass is 16.3. The van der Waals surface area contributed by atoms with Gasteiger partial charge in [-0.1, -0.05) is 45.0 Å². The minimum absolute atomic E-state index is 0.0215. The summed E-state index contributed by atoms with van der Waals surface area (Å²) < 4.78 is 0. The number of hydrogen-bond donors (Lipinski definition) is 1. The van der Waals surface area contributed by atoms with Gasteiger partial charge in [0.05, 0.1) is 17.4 Å². The average Bonchev–Trinajstić information content (AvgIpc) is 2.43. The highest BCUT2D eigenvalue weighted by molar-refractivity contribution is 6.05. The van der Waals surface area contributed by atoms with Crippen LogP contribution in [0.4, 0.5) is 0 Å². The van der Waals surface area contributed by atoms with E-state index >= 15 is 0 Å². The second kappa shape index (κ2) is 6.49. The highest BCUT2D eigenvalue weighted by Crippen LogP contribution is 2.46. The molecule has 4 heteroatoms. The summed E-state index contributed by atoms with van der Waals surface area (Å²) in [7, 11) is 0. The van der Waals surface area contributed by atoms with Crippen LogP contribution >= 0.6 is 0 Å². The van der Waals surface area contributed by atoms with E-state index in [9.17, 15) is 19.5 Å². The van der Waals surface area contributed by atoms with E-state index in [1.165, 1.54) is 20.8 Å². The van der Waals surface area contributed by atoms with Crippen molar-refractivity contribution in [2.75, 3.05) is 0 Å². The third kappa shape index (κ3) is 3.74. The number of carbonyl (C=O) groups is 3. The van der Waals surface area contributed by atoms with Crippen molar-refractivity contribution in [1.82, 2.24) is 0 Å². The number of rotatable bonds is 3. The zero-order valence-corrected chi connectivity index (χ0v) is 15.9. The van der Waals surface area contributed by atoms with Crippen molar-refractivity contribution >= 4 is 17.3 Å². The van der Waals surface area contributed by atoms with E-state index in [-0.39, 0.29) is 29.2 Å². The molecule has 0 radical (unpaired) electrons. The van der Waals surface area contributed by atoms with E-state index in [1.807, 2.05) is 24.3 Å². The van der Waals surface area contributed by atoms with E-state index < -0.39 is 23.4 Å². The van der Waals surface area contributed by atoms with Gasteiger partial charge in [0.1, 0.15) is 17.3 Å². The molecule has 2 rings (SSSR count). The van der Waals surface area contributed by atoms with Crippen LogP contribution in [0.3, 0.4) is 0 Å². The normalized spacial score (nSPS) is 30.2. The van der Waals surface area contributed by atoms with Crippen LogP contribution < -0.4 is 0 Å². The van der Waals surface area contributed by atoms with E-state index in [1.54, 1.807) is 0 Å². The van der Waals surface area contributed by atoms with Crippen LogP contribution in [0.2, 0.25) is 0 Å². The lowest BCUT2D eigenvalue weighted by Gasteiger charge is -2.44. The minimum atomic E-state index is -1.44. The van der Waals surface area contributed by atoms with Gasteiger partial charge in [-0.05, 0) is 37.3 Å². The molecular formula is C21H28O4. The number of aliphatic hydroxyl groups is 1. The van der Waals surface area contributed by atoms with Crippen molar-refractivity contribution in [2.24, 2.45) is 11.8 Å². The number of hydrogen-bond acceptors (Lipinski definition) is 4. The molecule has 4 atom stereocenters. The maximum Gasteiger partial charge on any atom is 0.146 e. The number of benzene rings is 1. The van der Waals surface area contributed by atoms with Crippen molar-refractivity contribution in [1.29, 1.82) is 0 Å². The largest absolute Gasteiger partial charge is 0.389 e. The molecule has 0 saturated heterocycles. The Morgan fingerprint density at radius 2 is 1.60 bits per heavy atom. The Morgan fingerprint density at radius 3 is 2.00 bits per heavy atom. The Kier molecular flexibility index (Phi) is 5.06. The van der Waals surface area contributed by atoms with Crippen LogP contribution in [0.15, 0.2) is 24.3 Å². The van der Waals surface area contributed by atoms with Crippen molar-refractivity contribution < 1.29 is 19.5 Å². The molecule has 0 heterocycles. The first-order chi connectivity index (χ1) is 11.4. The Hall–Kier alpha value is -1.81. The van der Waals surface area contributed by atoms with Crippen LogP contribution in [0.1, 0.15) is 65.0 Å². The zero-order valence-electron chi connectivity index (χ0n) is 15.9.